The first-order valence-corrected chi connectivity index (χ1v) is 6.80. The predicted octanol–water partition coefficient (Wildman–Crippen LogP) is 5.81. The van der Waals surface area contributed by atoms with E-state index in [1.807, 2.05) is 12.2 Å². The fourth-order valence-corrected chi connectivity index (χ4v) is 1.76. The topological polar surface area (TPSA) is 0 Å². The predicted molar refractivity (Wildman–Crippen MR) is 80.7 cm³/mol. The van der Waals surface area contributed by atoms with E-state index in [9.17, 15) is 0 Å². The van der Waals surface area contributed by atoms with E-state index in [1.54, 1.807) is 0 Å². The van der Waals surface area contributed by atoms with E-state index in [4.69, 9.17) is 11.6 Å². The highest BCUT2D eigenvalue weighted by molar-refractivity contribution is 6.18. The number of allylic oxidation sites excluding steroid dienone is 7. The molecule has 0 aromatic carbocycles. The van der Waals surface area contributed by atoms with Crippen molar-refractivity contribution < 1.29 is 0 Å². The van der Waals surface area contributed by atoms with Gasteiger partial charge in [-0.1, -0.05) is 47.6 Å². The molecule has 0 spiro atoms. The molecule has 0 aromatic heterocycles. The van der Waals surface area contributed by atoms with Crippen molar-refractivity contribution >= 4 is 11.6 Å². The van der Waals surface area contributed by atoms with Crippen molar-refractivity contribution in [2.24, 2.45) is 0 Å². The zero-order chi connectivity index (χ0) is 13.1. The molecule has 0 aromatic rings. The Morgan fingerprint density at radius 1 is 1.00 bits per heavy atom. The molecule has 0 amide bonds. The average molecular weight is 253 g/mol. The van der Waals surface area contributed by atoms with Gasteiger partial charge in [0.1, 0.15) is 0 Å². The van der Waals surface area contributed by atoms with Crippen LogP contribution in [0.15, 0.2) is 47.6 Å². The van der Waals surface area contributed by atoms with Crippen LogP contribution in [0.25, 0.3) is 0 Å². The molecule has 0 nitrogen and oxygen atoms in total. The normalized spacial score (nSPS) is 12.5. The molecular weight excluding hydrogens is 228 g/mol. The Labute approximate surface area is 112 Å². The SMILES string of the molecule is C=C/C(=C\CCl)CC/C=C(\C)CCC=C(C)C. The fraction of sp³-hybridized carbons (Fsp3) is 0.500. The lowest BCUT2D eigenvalue weighted by molar-refractivity contribution is 0.927. The van der Waals surface area contributed by atoms with Crippen molar-refractivity contribution in [2.45, 2.75) is 46.5 Å². The molecule has 0 fully saturated rings. The summed E-state index contributed by atoms with van der Waals surface area (Å²) in [5.74, 6) is 0.574. The number of rotatable bonds is 8. The third-order valence-corrected chi connectivity index (χ3v) is 2.77. The molecule has 0 N–H and O–H groups in total. The maximum absolute atomic E-state index is 5.67. The van der Waals surface area contributed by atoms with Crippen molar-refractivity contribution in [3.63, 3.8) is 0 Å². The highest BCUT2D eigenvalue weighted by atomic mass is 35.5. The Balaban J connectivity index is 3.95. The lowest BCUT2D eigenvalue weighted by Crippen LogP contribution is -1.82. The Morgan fingerprint density at radius 2 is 1.65 bits per heavy atom. The van der Waals surface area contributed by atoms with E-state index in [2.05, 4.69) is 39.5 Å². The van der Waals surface area contributed by atoms with Gasteiger partial charge in [-0.3, -0.25) is 0 Å². The lowest BCUT2D eigenvalue weighted by atomic mass is 10.1. The summed E-state index contributed by atoms with van der Waals surface area (Å²) in [6.07, 6.45) is 13.0. The molecular formula is C16H25Cl. The van der Waals surface area contributed by atoms with Crippen LogP contribution in [0.5, 0.6) is 0 Å². The molecule has 1 heteroatoms. The molecule has 0 rings (SSSR count). The molecule has 17 heavy (non-hydrogen) atoms. The monoisotopic (exact) mass is 252 g/mol. The first-order chi connectivity index (χ1) is 8.10. The summed E-state index contributed by atoms with van der Waals surface area (Å²) in [5, 5.41) is 0. The molecule has 0 atom stereocenters. The van der Waals surface area contributed by atoms with Crippen LogP contribution in [0.4, 0.5) is 0 Å². The summed E-state index contributed by atoms with van der Waals surface area (Å²) in [4.78, 5) is 0. The van der Waals surface area contributed by atoms with Gasteiger partial charge >= 0.3 is 0 Å². The molecule has 0 aliphatic heterocycles. The third-order valence-electron chi connectivity index (χ3n) is 2.62. The van der Waals surface area contributed by atoms with E-state index in [0.717, 1.165) is 25.7 Å². The molecule has 0 aliphatic carbocycles. The number of hydrogen-bond acceptors (Lipinski definition) is 0. The number of hydrogen-bond donors (Lipinski definition) is 0. The summed E-state index contributed by atoms with van der Waals surface area (Å²) in [5.41, 5.74) is 4.11. The molecule has 0 bridgehead atoms. The number of alkyl halides is 1. The molecule has 0 saturated heterocycles. The second-order valence-corrected chi connectivity index (χ2v) is 4.86. The summed E-state index contributed by atoms with van der Waals surface area (Å²) in [7, 11) is 0. The zero-order valence-corrected chi connectivity index (χ0v) is 12.2. The minimum atomic E-state index is 0.574. The summed E-state index contributed by atoms with van der Waals surface area (Å²) >= 11 is 5.67. The van der Waals surface area contributed by atoms with Crippen molar-refractivity contribution in [2.75, 3.05) is 5.88 Å². The van der Waals surface area contributed by atoms with E-state index >= 15 is 0 Å². The number of halogens is 1. The Bertz CT molecular complexity index is 301. The van der Waals surface area contributed by atoms with Crippen molar-refractivity contribution in [1.29, 1.82) is 0 Å². The van der Waals surface area contributed by atoms with Crippen LogP contribution in [0.2, 0.25) is 0 Å². The lowest BCUT2D eigenvalue weighted by Gasteiger charge is -2.01. The standard InChI is InChI=1S/C16H25Cl/c1-5-16(12-13-17)11-7-10-15(4)9-6-8-14(2)3/h5,8,10,12H,1,6-7,9,11,13H2,2-4H3/b15-10+,16-12+. The zero-order valence-electron chi connectivity index (χ0n) is 11.4. The van der Waals surface area contributed by atoms with E-state index in [1.165, 1.54) is 16.7 Å². The smallest absolute Gasteiger partial charge is 0.0409 e. The van der Waals surface area contributed by atoms with Crippen LogP contribution < -0.4 is 0 Å². The van der Waals surface area contributed by atoms with Gasteiger partial charge in [-0.15, -0.1) is 11.6 Å². The maximum Gasteiger partial charge on any atom is 0.0409 e. The van der Waals surface area contributed by atoms with Gasteiger partial charge in [0, 0.05) is 5.88 Å². The van der Waals surface area contributed by atoms with Gasteiger partial charge in [0.25, 0.3) is 0 Å². The Kier molecular flexibility index (Phi) is 9.95. The molecule has 0 saturated carbocycles. The molecule has 0 radical (unpaired) electrons. The quantitative estimate of drug-likeness (QED) is 0.290. The van der Waals surface area contributed by atoms with Crippen molar-refractivity contribution in [3.8, 4) is 0 Å². The van der Waals surface area contributed by atoms with Crippen LogP contribution in [0, 0.1) is 0 Å². The fourth-order valence-electron chi connectivity index (χ4n) is 1.56. The van der Waals surface area contributed by atoms with Crippen LogP contribution in [-0.2, 0) is 0 Å². The third kappa shape index (κ3) is 10.1. The first-order valence-electron chi connectivity index (χ1n) is 6.26. The van der Waals surface area contributed by atoms with Gasteiger partial charge < -0.3 is 0 Å². The molecule has 0 heterocycles. The van der Waals surface area contributed by atoms with E-state index in [-0.39, 0.29) is 0 Å². The second kappa shape index (κ2) is 10.4. The Morgan fingerprint density at radius 3 is 2.18 bits per heavy atom. The van der Waals surface area contributed by atoms with Gasteiger partial charge in [0.2, 0.25) is 0 Å². The molecule has 0 aliphatic rings. The minimum absolute atomic E-state index is 0.574. The first kappa shape index (κ1) is 16.2. The average Bonchev–Trinajstić information content (AvgIpc) is 2.27. The second-order valence-electron chi connectivity index (χ2n) is 4.55. The summed E-state index contributed by atoms with van der Waals surface area (Å²) in [6.45, 7) is 10.3. The highest BCUT2D eigenvalue weighted by Gasteiger charge is 1.92. The van der Waals surface area contributed by atoms with Crippen LogP contribution in [0.3, 0.4) is 0 Å². The summed E-state index contributed by atoms with van der Waals surface area (Å²) < 4.78 is 0. The Hall–Kier alpha value is -0.750. The van der Waals surface area contributed by atoms with Gasteiger partial charge in [0.05, 0.1) is 0 Å². The van der Waals surface area contributed by atoms with Crippen LogP contribution in [0.1, 0.15) is 46.5 Å². The molecule has 96 valence electrons. The van der Waals surface area contributed by atoms with E-state index < -0.39 is 0 Å². The molecule has 0 unspecified atom stereocenters. The van der Waals surface area contributed by atoms with Gasteiger partial charge in [-0.25, -0.2) is 0 Å². The van der Waals surface area contributed by atoms with Crippen LogP contribution in [-0.4, -0.2) is 5.88 Å². The van der Waals surface area contributed by atoms with Gasteiger partial charge in [-0.05, 0) is 46.5 Å². The van der Waals surface area contributed by atoms with Crippen molar-refractivity contribution in [3.05, 3.63) is 47.6 Å². The van der Waals surface area contributed by atoms with Gasteiger partial charge in [0.15, 0.2) is 0 Å². The van der Waals surface area contributed by atoms with E-state index in [0.29, 0.717) is 5.88 Å². The van der Waals surface area contributed by atoms with Gasteiger partial charge in [-0.2, -0.15) is 0 Å². The van der Waals surface area contributed by atoms with Crippen molar-refractivity contribution in [1.82, 2.24) is 0 Å². The highest BCUT2D eigenvalue weighted by Crippen LogP contribution is 2.12. The summed E-state index contributed by atoms with van der Waals surface area (Å²) in [6, 6.07) is 0. The minimum Gasteiger partial charge on any atom is -0.122 e. The maximum atomic E-state index is 5.67. The largest absolute Gasteiger partial charge is 0.122 e. The van der Waals surface area contributed by atoms with Crippen LogP contribution >= 0.6 is 11.6 Å².